The number of nitro benzene ring substituents is 1. The molecule has 0 bridgehead atoms. The van der Waals surface area contributed by atoms with Crippen LogP contribution in [0.4, 0.5) is 11.4 Å². The Labute approximate surface area is 121 Å². The summed E-state index contributed by atoms with van der Waals surface area (Å²) in [6.45, 7) is 0.549. The van der Waals surface area contributed by atoms with Crippen LogP contribution < -0.4 is 4.90 Å². The highest BCUT2D eigenvalue weighted by Crippen LogP contribution is 2.56. The van der Waals surface area contributed by atoms with E-state index in [0.29, 0.717) is 22.3 Å². The van der Waals surface area contributed by atoms with Gasteiger partial charge in [-0.05, 0) is 15.9 Å². The number of carbonyl (C=O) groups excluding carboxylic acids is 1. The van der Waals surface area contributed by atoms with Gasteiger partial charge in [0, 0.05) is 23.7 Å². The van der Waals surface area contributed by atoms with Crippen LogP contribution in [0.3, 0.4) is 0 Å². The Morgan fingerprint density at radius 1 is 1.60 bits per heavy atom. The molecule has 3 atom stereocenters. The highest BCUT2D eigenvalue weighted by molar-refractivity contribution is 9.10. The van der Waals surface area contributed by atoms with Crippen molar-refractivity contribution < 1.29 is 19.2 Å². The van der Waals surface area contributed by atoms with Crippen LogP contribution in [-0.2, 0) is 9.47 Å². The lowest BCUT2D eigenvalue weighted by Gasteiger charge is -2.32. The third-order valence-corrected chi connectivity index (χ3v) is 4.75. The van der Waals surface area contributed by atoms with Crippen LogP contribution in [0.1, 0.15) is 10.4 Å². The second kappa shape index (κ2) is 3.57. The molecule has 7 nitrogen and oxygen atoms in total. The zero-order valence-corrected chi connectivity index (χ0v) is 11.9. The second-order valence-electron chi connectivity index (χ2n) is 5.02. The summed E-state index contributed by atoms with van der Waals surface area (Å²) in [5, 5.41) is 10.9. The molecule has 3 aliphatic rings. The largest absolute Gasteiger partial charge is 0.362 e. The zero-order valence-electron chi connectivity index (χ0n) is 10.3. The number of ether oxygens (including phenoxy) is 2. The molecule has 0 aliphatic carbocycles. The molecule has 1 aromatic carbocycles. The molecule has 20 heavy (non-hydrogen) atoms. The van der Waals surface area contributed by atoms with Gasteiger partial charge in [-0.25, -0.2) is 0 Å². The van der Waals surface area contributed by atoms with Crippen LogP contribution in [0, 0.1) is 10.1 Å². The van der Waals surface area contributed by atoms with Gasteiger partial charge in [0.2, 0.25) is 11.5 Å². The fourth-order valence-corrected chi connectivity index (χ4v) is 3.92. The third kappa shape index (κ3) is 1.20. The number of nitrogens with zero attached hydrogens (tertiary/aromatic N) is 2. The van der Waals surface area contributed by atoms with Gasteiger partial charge in [-0.1, -0.05) is 0 Å². The van der Waals surface area contributed by atoms with E-state index >= 15 is 0 Å². The summed E-state index contributed by atoms with van der Waals surface area (Å²) < 4.78 is 11.5. The van der Waals surface area contributed by atoms with Gasteiger partial charge < -0.3 is 14.4 Å². The number of epoxide rings is 1. The van der Waals surface area contributed by atoms with Gasteiger partial charge in [0.15, 0.2) is 0 Å². The standard InChI is InChI=1S/C12H9BrN2O5/c1-19-12-10(16)6-2-5(15(17)18)3-7(13)9(6)14(12)4-8-11(12)20-8/h2-3,8,11H,4H2,1H3/t8-,11-,12+/m1/s1. The molecule has 2 saturated heterocycles. The molecule has 3 aliphatic heterocycles. The van der Waals surface area contributed by atoms with Crippen molar-refractivity contribution in [2.24, 2.45) is 0 Å². The quantitative estimate of drug-likeness (QED) is 0.460. The zero-order chi connectivity index (χ0) is 14.2. The van der Waals surface area contributed by atoms with E-state index in [1.54, 1.807) is 0 Å². The number of hydrogen-bond acceptors (Lipinski definition) is 6. The molecule has 0 spiro atoms. The van der Waals surface area contributed by atoms with Gasteiger partial charge in [0.25, 0.3) is 5.69 Å². The summed E-state index contributed by atoms with van der Waals surface area (Å²) in [6, 6.07) is 2.71. The number of hydrogen-bond donors (Lipinski definition) is 0. The normalized spacial score (nSPS) is 32.9. The maximum atomic E-state index is 12.7. The molecule has 8 heteroatoms. The smallest absolute Gasteiger partial charge is 0.271 e. The van der Waals surface area contributed by atoms with Crippen LogP contribution in [-0.4, -0.2) is 42.3 Å². The number of morpholine rings is 1. The van der Waals surface area contributed by atoms with Crippen molar-refractivity contribution in [1.82, 2.24) is 0 Å². The Kier molecular flexibility index (Phi) is 2.19. The van der Waals surface area contributed by atoms with Crippen LogP contribution in [0.2, 0.25) is 0 Å². The number of ketones is 1. The third-order valence-electron chi connectivity index (χ3n) is 4.14. The van der Waals surface area contributed by atoms with Crippen molar-refractivity contribution in [2.75, 3.05) is 18.6 Å². The summed E-state index contributed by atoms with van der Waals surface area (Å²) in [6.07, 6.45) is -0.299. The molecular formula is C12H9BrN2O5. The number of methoxy groups -OCH3 is 1. The molecule has 0 unspecified atom stereocenters. The number of rotatable bonds is 2. The van der Waals surface area contributed by atoms with Gasteiger partial charge in [0.05, 0.1) is 22.7 Å². The van der Waals surface area contributed by atoms with E-state index < -0.39 is 10.6 Å². The number of anilines is 1. The Bertz CT molecular complexity index is 678. The lowest BCUT2D eigenvalue weighted by atomic mass is 10.0. The molecule has 2 fully saturated rings. The van der Waals surface area contributed by atoms with Crippen LogP contribution in [0.15, 0.2) is 16.6 Å². The van der Waals surface area contributed by atoms with Crippen molar-refractivity contribution in [3.8, 4) is 0 Å². The maximum absolute atomic E-state index is 12.7. The Hall–Kier alpha value is -1.51. The van der Waals surface area contributed by atoms with E-state index in [0.717, 1.165) is 0 Å². The topological polar surface area (TPSA) is 85.2 Å². The van der Waals surface area contributed by atoms with Gasteiger partial charge in [-0.15, -0.1) is 0 Å². The first-order valence-electron chi connectivity index (χ1n) is 6.01. The molecule has 0 saturated carbocycles. The number of fused-ring (bicyclic) bond motifs is 5. The minimum Gasteiger partial charge on any atom is -0.362 e. The molecule has 1 aromatic rings. The molecule has 3 heterocycles. The first-order valence-corrected chi connectivity index (χ1v) is 6.81. The molecule has 0 N–H and O–H groups in total. The predicted octanol–water partition coefficient (Wildman–Crippen LogP) is 1.48. The van der Waals surface area contributed by atoms with E-state index in [1.165, 1.54) is 19.2 Å². The summed E-state index contributed by atoms with van der Waals surface area (Å²) in [5.41, 5.74) is -0.324. The van der Waals surface area contributed by atoms with E-state index in [-0.39, 0.29) is 23.7 Å². The van der Waals surface area contributed by atoms with E-state index in [2.05, 4.69) is 15.9 Å². The van der Waals surface area contributed by atoms with Crippen molar-refractivity contribution in [3.63, 3.8) is 0 Å². The number of Topliss-reactive ketones (excluding diaryl/α,β-unsaturated/α-hetero) is 1. The first-order chi connectivity index (χ1) is 9.50. The summed E-state index contributed by atoms with van der Waals surface area (Å²) in [4.78, 5) is 25.0. The molecule has 0 aromatic heterocycles. The monoisotopic (exact) mass is 340 g/mol. The minimum absolute atomic E-state index is 0.00542. The molecular weight excluding hydrogens is 332 g/mol. The summed E-state index contributed by atoms with van der Waals surface area (Å²) in [5.74, 6) is -0.274. The predicted molar refractivity (Wildman–Crippen MR) is 70.9 cm³/mol. The van der Waals surface area contributed by atoms with E-state index in [9.17, 15) is 14.9 Å². The van der Waals surface area contributed by atoms with Crippen molar-refractivity contribution in [1.29, 1.82) is 0 Å². The maximum Gasteiger partial charge on any atom is 0.271 e. The van der Waals surface area contributed by atoms with Gasteiger partial charge in [-0.2, -0.15) is 0 Å². The van der Waals surface area contributed by atoms with Crippen molar-refractivity contribution in [3.05, 3.63) is 32.3 Å². The molecule has 4 rings (SSSR count). The van der Waals surface area contributed by atoms with Crippen molar-refractivity contribution in [2.45, 2.75) is 17.9 Å². The average molecular weight is 341 g/mol. The van der Waals surface area contributed by atoms with Crippen molar-refractivity contribution >= 4 is 33.1 Å². The Morgan fingerprint density at radius 2 is 2.35 bits per heavy atom. The van der Waals surface area contributed by atoms with Crippen LogP contribution >= 0.6 is 15.9 Å². The summed E-state index contributed by atoms with van der Waals surface area (Å²) in [7, 11) is 1.46. The lowest BCUT2D eigenvalue weighted by Crippen LogP contribution is -2.53. The number of benzene rings is 1. The van der Waals surface area contributed by atoms with E-state index in [1.807, 2.05) is 4.90 Å². The Morgan fingerprint density at radius 3 is 3.00 bits per heavy atom. The fourth-order valence-electron chi connectivity index (χ4n) is 3.25. The molecule has 0 amide bonds. The number of nitro groups is 1. The molecule has 0 radical (unpaired) electrons. The lowest BCUT2D eigenvalue weighted by molar-refractivity contribution is -0.384. The number of non-ortho nitro benzene ring substituents is 1. The summed E-state index contributed by atoms with van der Waals surface area (Å²) >= 11 is 3.32. The van der Waals surface area contributed by atoms with Crippen LogP contribution in [0.5, 0.6) is 0 Å². The first kappa shape index (κ1) is 12.2. The van der Waals surface area contributed by atoms with Crippen LogP contribution in [0.25, 0.3) is 0 Å². The SMILES string of the molecule is CO[C@]12C(=O)c3cc([N+](=O)[O-])cc(Br)c3N1C[C@H]1O[C@H]12. The molecule has 104 valence electrons. The fraction of sp³-hybridized carbons (Fsp3) is 0.417. The average Bonchev–Trinajstić information content (AvgIpc) is 3.04. The van der Waals surface area contributed by atoms with Gasteiger partial charge >= 0.3 is 0 Å². The highest BCUT2D eigenvalue weighted by atomic mass is 79.9. The Balaban J connectivity index is 1.94. The number of carbonyl (C=O) groups is 1. The van der Waals surface area contributed by atoms with Gasteiger partial charge in [0.1, 0.15) is 12.2 Å². The minimum atomic E-state index is -1.16. The second-order valence-corrected chi connectivity index (χ2v) is 5.87. The highest BCUT2D eigenvalue weighted by Gasteiger charge is 2.72. The van der Waals surface area contributed by atoms with E-state index in [4.69, 9.17) is 9.47 Å². The van der Waals surface area contributed by atoms with Gasteiger partial charge in [-0.3, -0.25) is 14.9 Å². The number of halogens is 1.